The number of carbonyl (C=O) groups is 1. The van der Waals surface area contributed by atoms with E-state index in [1.54, 1.807) is 12.1 Å². The molecule has 0 aliphatic rings. The first-order valence-electron chi connectivity index (χ1n) is 7.85. The molecule has 0 aliphatic carbocycles. The molecule has 0 heterocycles. The van der Waals surface area contributed by atoms with E-state index in [-0.39, 0.29) is 16.8 Å². The SMILES string of the molecule is CCC[C@@H](C)NC(=O)[C@H](C)NS(=O)(=O)c1ccc(OCC)cc1. The van der Waals surface area contributed by atoms with E-state index in [0.29, 0.717) is 12.4 Å². The Kier molecular flexibility index (Phi) is 7.51. The summed E-state index contributed by atoms with van der Waals surface area (Å²) < 4.78 is 32.3. The van der Waals surface area contributed by atoms with Crippen LogP contribution in [-0.2, 0) is 14.8 Å². The zero-order valence-corrected chi connectivity index (χ0v) is 14.9. The van der Waals surface area contributed by atoms with E-state index in [1.807, 2.05) is 20.8 Å². The molecular weight excluding hydrogens is 316 g/mol. The highest BCUT2D eigenvalue weighted by Crippen LogP contribution is 2.16. The van der Waals surface area contributed by atoms with Crippen molar-refractivity contribution in [2.45, 2.75) is 57.5 Å². The summed E-state index contributed by atoms with van der Waals surface area (Å²) in [5.41, 5.74) is 0. The van der Waals surface area contributed by atoms with Crippen LogP contribution in [0, 0.1) is 0 Å². The first-order chi connectivity index (χ1) is 10.8. The molecule has 0 aliphatic heterocycles. The topological polar surface area (TPSA) is 84.5 Å². The molecule has 2 N–H and O–H groups in total. The molecule has 23 heavy (non-hydrogen) atoms. The van der Waals surface area contributed by atoms with E-state index < -0.39 is 16.1 Å². The normalized spacial score (nSPS) is 14.1. The molecular formula is C16H26N2O4S. The molecule has 6 nitrogen and oxygen atoms in total. The van der Waals surface area contributed by atoms with Crippen LogP contribution in [0.2, 0.25) is 0 Å². The number of ether oxygens (including phenoxy) is 1. The van der Waals surface area contributed by atoms with E-state index >= 15 is 0 Å². The molecule has 2 atom stereocenters. The number of hydrogen-bond acceptors (Lipinski definition) is 4. The van der Waals surface area contributed by atoms with Gasteiger partial charge in [0.05, 0.1) is 17.5 Å². The van der Waals surface area contributed by atoms with Gasteiger partial charge < -0.3 is 10.1 Å². The molecule has 1 aromatic rings. The van der Waals surface area contributed by atoms with Gasteiger partial charge in [-0.15, -0.1) is 0 Å². The van der Waals surface area contributed by atoms with E-state index in [1.165, 1.54) is 19.1 Å². The first kappa shape index (κ1) is 19.4. The van der Waals surface area contributed by atoms with E-state index in [9.17, 15) is 13.2 Å². The van der Waals surface area contributed by atoms with Crippen molar-refractivity contribution in [3.8, 4) is 5.75 Å². The highest BCUT2D eigenvalue weighted by atomic mass is 32.2. The third kappa shape index (κ3) is 6.19. The Morgan fingerprint density at radius 2 is 1.78 bits per heavy atom. The van der Waals surface area contributed by atoms with Gasteiger partial charge in [0.1, 0.15) is 5.75 Å². The number of amides is 1. The summed E-state index contributed by atoms with van der Waals surface area (Å²) in [5.74, 6) is 0.270. The zero-order chi connectivity index (χ0) is 17.5. The molecule has 1 amide bonds. The van der Waals surface area contributed by atoms with Crippen LogP contribution in [0.1, 0.15) is 40.5 Å². The molecule has 1 aromatic carbocycles. The monoisotopic (exact) mass is 342 g/mol. The van der Waals surface area contributed by atoms with Crippen LogP contribution in [0.3, 0.4) is 0 Å². The van der Waals surface area contributed by atoms with Crippen molar-refractivity contribution in [3.05, 3.63) is 24.3 Å². The minimum atomic E-state index is -3.75. The molecule has 0 fully saturated rings. The summed E-state index contributed by atoms with van der Waals surface area (Å²) in [6, 6.07) is 5.27. The van der Waals surface area contributed by atoms with Crippen LogP contribution < -0.4 is 14.8 Å². The standard InChI is InChI=1S/C16H26N2O4S/c1-5-7-12(3)17-16(19)13(4)18-23(20,21)15-10-8-14(9-11-15)22-6-2/h8-13,18H,5-7H2,1-4H3,(H,17,19)/t12-,13+/m1/s1. The summed E-state index contributed by atoms with van der Waals surface area (Å²) in [5, 5.41) is 2.79. The Morgan fingerprint density at radius 1 is 1.17 bits per heavy atom. The first-order valence-corrected chi connectivity index (χ1v) is 9.34. The fourth-order valence-electron chi connectivity index (χ4n) is 2.11. The predicted molar refractivity (Wildman–Crippen MR) is 89.9 cm³/mol. The molecule has 0 saturated carbocycles. The quantitative estimate of drug-likeness (QED) is 0.719. The number of carbonyl (C=O) groups excluding carboxylic acids is 1. The van der Waals surface area contributed by atoms with Crippen molar-refractivity contribution >= 4 is 15.9 Å². The van der Waals surface area contributed by atoms with Crippen molar-refractivity contribution in [2.75, 3.05) is 6.61 Å². The summed E-state index contributed by atoms with van der Waals surface area (Å²) in [6.45, 7) is 7.82. The molecule has 0 radical (unpaired) electrons. The van der Waals surface area contributed by atoms with Crippen LogP contribution in [0.5, 0.6) is 5.75 Å². The Morgan fingerprint density at radius 3 is 2.30 bits per heavy atom. The summed E-state index contributed by atoms with van der Waals surface area (Å²) >= 11 is 0. The number of sulfonamides is 1. The predicted octanol–water partition coefficient (Wildman–Crippen LogP) is 2.06. The second-order valence-electron chi connectivity index (χ2n) is 5.45. The average Bonchev–Trinajstić information content (AvgIpc) is 2.47. The lowest BCUT2D eigenvalue weighted by Crippen LogP contribution is -2.47. The minimum absolute atomic E-state index is 0.0185. The number of nitrogens with one attached hydrogen (secondary N) is 2. The zero-order valence-electron chi connectivity index (χ0n) is 14.1. The maximum atomic E-state index is 12.3. The lowest BCUT2D eigenvalue weighted by molar-refractivity contribution is -0.123. The van der Waals surface area contributed by atoms with E-state index in [2.05, 4.69) is 10.0 Å². The lowest BCUT2D eigenvalue weighted by Gasteiger charge is -2.18. The lowest BCUT2D eigenvalue weighted by atomic mass is 10.2. The second kappa shape index (κ2) is 8.88. The third-order valence-corrected chi connectivity index (χ3v) is 4.84. The van der Waals surface area contributed by atoms with Gasteiger partial charge in [0.15, 0.2) is 0 Å². The van der Waals surface area contributed by atoms with Gasteiger partial charge in [-0.1, -0.05) is 13.3 Å². The highest BCUT2D eigenvalue weighted by molar-refractivity contribution is 7.89. The van der Waals surface area contributed by atoms with Crippen molar-refractivity contribution in [2.24, 2.45) is 0 Å². The van der Waals surface area contributed by atoms with Crippen molar-refractivity contribution in [1.29, 1.82) is 0 Å². The molecule has 0 spiro atoms. The maximum absolute atomic E-state index is 12.3. The van der Waals surface area contributed by atoms with Gasteiger partial charge >= 0.3 is 0 Å². The number of rotatable bonds is 9. The van der Waals surface area contributed by atoms with E-state index in [0.717, 1.165) is 12.8 Å². The van der Waals surface area contributed by atoms with Gasteiger partial charge in [-0.25, -0.2) is 8.42 Å². The van der Waals surface area contributed by atoms with Crippen molar-refractivity contribution < 1.29 is 17.9 Å². The maximum Gasteiger partial charge on any atom is 0.241 e. The van der Waals surface area contributed by atoms with Crippen LogP contribution in [0.4, 0.5) is 0 Å². The van der Waals surface area contributed by atoms with Gasteiger partial charge in [-0.3, -0.25) is 4.79 Å². The molecule has 0 unspecified atom stereocenters. The summed E-state index contributed by atoms with van der Waals surface area (Å²) in [6.07, 6.45) is 1.80. The third-order valence-electron chi connectivity index (χ3n) is 3.28. The van der Waals surface area contributed by atoms with Gasteiger partial charge in [0.25, 0.3) is 0 Å². The molecule has 7 heteroatoms. The molecule has 1 rings (SSSR count). The van der Waals surface area contributed by atoms with Crippen molar-refractivity contribution in [1.82, 2.24) is 10.0 Å². The fourth-order valence-corrected chi connectivity index (χ4v) is 3.31. The van der Waals surface area contributed by atoms with Crippen LogP contribution in [0.25, 0.3) is 0 Å². The molecule has 0 aromatic heterocycles. The van der Waals surface area contributed by atoms with Gasteiger partial charge in [-0.2, -0.15) is 4.72 Å². The molecule has 130 valence electrons. The Bertz CT molecular complexity index is 599. The Labute approximate surface area is 138 Å². The van der Waals surface area contributed by atoms with Gasteiger partial charge in [-0.05, 0) is 51.5 Å². The van der Waals surface area contributed by atoms with Crippen LogP contribution in [-0.4, -0.2) is 33.0 Å². The largest absolute Gasteiger partial charge is 0.494 e. The summed E-state index contributed by atoms with van der Waals surface area (Å²) in [7, 11) is -3.75. The minimum Gasteiger partial charge on any atom is -0.494 e. The highest BCUT2D eigenvalue weighted by Gasteiger charge is 2.22. The Balaban J connectivity index is 2.71. The van der Waals surface area contributed by atoms with Crippen LogP contribution >= 0.6 is 0 Å². The fraction of sp³-hybridized carbons (Fsp3) is 0.562. The number of benzene rings is 1. The smallest absolute Gasteiger partial charge is 0.241 e. The van der Waals surface area contributed by atoms with E-state index in [4.69, 9.17) is 4.74 Å². The van der Waals surface area contributed by atoms with Crippen molar-refractivity contribution in [3.63, 3.8) is 0 Å². The Hall–Kier alpha value is -1.60. The second-order valence-corrected chi connectivity index (χ2v) is 7.16. The summed E-state index contributed by atoms with van der Waals surface area (Å²) in [4.78, 5) is 12.1. The number of hydrogen-bond donors (Lipinski definition) is 2. The molecule has 0 saturated heterocycles. The van der Waals surface area contributed by atoms with Gasteiger partial charge in [0, 0.05) is 6.04 Å². The molecule has 0 bridgehead atoms. The average molecular weight is 342 g/mol. The van der Waals surface area contributed by atoms with Crippen LogP contribution in [0.15, 0.2) is 29.2 Å². The van der Waals surface area contributed by atoms with Gasteiger partial charge in [0.2, 0.25) is 15.9 Å².